The van der Waals surface area contributed by atoms with Crippen molar-refractivity contribution in [2.75, 3.05) is 21.3 Å². The Labute approximate surface area is 151 Å². The van der Waals surface area contributed by atoms with Gasteiger partial charge in [0.15, 0.2) is 17.3 Å². The van der Waals surface area contributed by atoms with Crippen LogP contribution in [0.5, 0.6) is 17.2 Å². The van der Waals surface area contributed by atoms with Gasteiger partial charge in [0.2, 0.25) is 11.7 Å². The van der Waals surface area contributed by atoms with Gasteiger partial charge < -0.3 is 29.3 Å². The Kier molecular flexibility index (Phi) is 6.48. The summed E-state index contributed by atoms with van der Waals surface area (Å²) >= 11 is 0. The van der Waals surface area contributed by atoms with Crippen LogP contribution in [0.2, 0.25) is 0 Å². The highest BCUT2D eigenvalue weighted by molar-refractivity contribution is 5.95. The first-order chi connectivity index (χ1) is 12.5. The molecule has 0 aliphatic heterocycles. The van der Waals surface area contributed by atoms with Gasteiger partial charge in [-0.2, -0.15) is 0 Å². The Morgan fingerprint density at radius 1 is 1.12 bits per heavy atom. The van der Waals surface area contributed by atoms with Gasteiger partial charge in [-0.15, -0.1) is 0 Å². The molecule has 0 fully saturated rings. The van der Waals surface area contributed by atoms with Gasteiger partial charge >= 0.3 is 0 Å². The molecule has 0 radical (unpaired) electrons. The minimum absolute atomic E-state index is 0.147. The maximum Gasteiger partial charge on any atom is 0.287 e. The molecule has 1 atom stereocenters. The van der Waals surface area contributed by atoms with Crippen LogP contribution in [0.3, 0.4) is 0 Å². The molecule has 0 bridgehead atoms. The average Bonchev–Trinajstić information content (AvgIpc) is 3.19. The molecule has 1 aromatic heterocycles. The molecule has 2 aromatic rings. The van der Waals surface area contributed by atoms with Gasteiger partial charge in [-0.05, 0) is 36.8 Å². The van der Waals surface area contributed by atoms with Crippen LogP contribution in [0.4, 0.5) is 0 Å². The molecule has 1 aromatic carbocycles. The molecule has 2 N–H and O–H groups in total. The average molecular weight is 362 g/mol. The van der Waals surface area contributed by atoms with Crippen molar-refractivity contribution in [3.05, 3.63) is 41.9 Å². The molecule has 0 saturated carbocycles. The lowest BCUT2D eigenvalue weighted by molar-refractivity contribution is -0.122. The number of furan rings is 1. The molecule has 2 rings (SSSR count). The third kappa shape index (κ3) is 4.47. The van der Waals surface area contributed by atoms with E-state index in [-0.39, 0.29) is 18.2 Å². The SMILES string of the molecule is COc1cc(CNC(=O)[C@H](C)NC(=O)c2ccco2)cc(OC)c1OC. The zero-order chi connectivity index (χ0) is 19.1. The van der Waals surface area contributed by atoms with Crippen LogP contribution in [0.25, 0.3) is 0 Å². The Hall–Kier alpha value is -3.16. The van der Waals surface area contributed by atoms with Crippen LogP contribution in [-0.4, -0.2) is 39.2 Å². The Morgan fingerprint density at radius 2 is 1.77 bits per heavy atom. The molecule has 2 amide bonds. The summed E-state index contributed by atoms with van der Waals surface area (Å²) < 4.78 is 20.8. The lowest BCUT2D eigenvalue weighted by Gasteiger charge is -2.16. The van der Waals surface area contributed by atoms with Crippen molar-refractivity contribution in [1.82, 2.24) is 10.6 Å². The van der Waals surface area contributed by atoms with E-state index in [1.54, 1.807) is 25.1 Å². The van der Waals surface area contributed by atoms with Gasteiger partial charge in [-0.1, -0.05) is 0 Å². The monoisotopic (exact) mass is 362 g/mol. The summed E-state index contributed by atoms with van der Waals surface area (Å²) in [5, 5.41) is 5.32. The summed E-state index contributed by atoms with van der Waals surface area (Å²) in [5.41, 5.74) is 0.761. The van der Waals surface area contributed by atoms with Crippen LogP contribution in [0.15, 0.2) is 34.9 Å². The van der Waals surface area contributed by atoms with Gasteiger partial charge in [-0.25, -0.2) is 0 Å². The Morgan fingerprint density at radius 3 is 2.27 bits per heavy atom. The smallest absolute Gasteiger partial charge is 0.287 e. The van der Waals surface area contributed by atoms with E-state index in [0.29, 0.717) is 17.2 Å². The molecular formula is C18H22N2O6. The number of hydrogen-bond donors (Lipinski definition) is 2. The van der Waals surface area contributed by atoms with Crippen LogP contribution < -0.4 is 24.8 Å². The number of nitrogens with one attached hydrogen (secondary N) is 2. The Balaban J connectivity index is 1.99. The van der Waals surface area contributed by atoms with E-state index >= 15 is 0 Å². The predicted octanol–water partition coefficient (Wildman–Crippen LogP) is 1.74. The van der Waals surface area contributed by atoms with E-state index in [1.807, 2.05) is 0 Å². The fourth-order valence-electron chi connectivity index (χ4n) is 2.32. The minimum atomic E-state index is -0.727. The second-order valence-corrected chi connectivity index (χ2v) is 5.42. The fourth-order valence-corrected chi connectivity index (χ4v) is 2.32. The van der Waals surface area contributed by atoms with Crippen LogP contribution in [-0.2, 0) is 11.3 Å². The number of hydrogen-bond acceptors (Lipinski definition) is 6. The first-order valence-electron chi connectivity index (χ1n) is 7.91. The standard InChI is InChI=1S/C18H22N2O6/c1-11(20-18(22)13-6-5-7-26-13)17(21)19-10-12-8-14(23-2)16(25-4)15(9-12)24-3/h5-9,11H,10H2,1-4H3,(H,19,21)(H,20,22)/t11-/m0/s1. The minimum Gasteiger partial charge on any atom is -0.493 e. The third-order valence-electron chi connectivity index (χ3n) is 3.68. The van der Waals surface area contributed by atoms with E-state index in [2.05, 4.69) is 10.6 Å². The van der Waals surface area contributed by atoms with Gasteiger partial charge in [0.05, 0.1) is 27.6 Å². The zero-order valence-electron chi connectivity index (χ0n) is 15.1. The van der Waals surface area contributed by atoms with Crippen molar-refractivity contribution >= 4 is 11.8 Å². The molecule has 0 spiro atoms. The van der Waals surface area contributed by atoms with Gasteiger partial charge in [-0.3, -0.25) is 9.59 Å². The van der Waals surface area contributed by atoms with Gasteiger partial charge in [0, 0.05) is 6.54 Å². The fraction of sp³-hybridized carbons (Fsp3) is 0.333. The van der Waals surface area contributed by atoms with Crippen molar-refractivity contribution in [3.63, 3.8) is 0 Å². The first-order valence-corrected chi connectivity index (χ1v) is 7.91. The predicted molar refractivity (Wildman–Crippen MR) is 93.6 cm³/mol. The van der Waals surface area contributed by atoms with Crippen molar-refractivity contribution in [1.29, 1.82) is 0 Å². The molecule has 0 aliphatic rings. The molecule has 8 heteroatoms. The van der Waals surface area contributed by atoms with Crippen LogP contribution in [0.1, 0.15) is 23.0 Å². The number of rotatable bonds is 8. The number of ether oxygens (including phenoxy) is 3. The largest absolute Gasteiger partial charge is 0.493 e. The highest BCUT2D eigenvalue weighted by Crippen LogP contribution is 2.38. The summed E-state index contributed by atoms with van der Waals surface area (Å²) in [5.74, 6) is 0.827. The molecular weight excluding hydrogens is 340 g/mol. The lowest BCUT2D eigenvalue weighted by atomic mass is 10.1. The van der Waals surface area contributed by atoms with E-state index in [9.17, 15) is 9.59 Å². The van der Waals surface area contributed by atoms with E-state index in [4.69, 9.17) is 18.6 Å². The summed E-state index contributed by atoms with van der Waals surface area (Å²) in [4.78, 5) is 24.1. The second kappa shape index (κ2) is 8.80. The van der Waals surface area contributed by atoms with E-state index < -0.39 is 11.9 Å². The molecule has 26 heavy (non-hydrogen) atoms. The van der Waals surface area contributed by atoms with E-state index in [0.717, 1.165) is 5.56 Å². The van der Waals surface area contributed by atoms with Crippen molar-refractivity contribution in [2.24, 2.45) is 0 Å². The van der Waals surface area contributed by atoms with E-state index in [1.165, 1.54) is 33.7 Å². The molecule has 1 heterocycles. The molecule has 0 unspecified atom stereocenters. The van der Waals surface area contributed by atoms with Crippen molar-refractivity contribution < 1.29 is 28.2 Å². The third-order valence-corrected chi connectivity index (χ3v) is 3.68. The maximum atomic E-state index is 12.2. The number of carbonyl (C=O) groups excluding carboxylic acids is 2. The summed E-state index contributed by atoms with van der Waals surface area (Å²) in [6.45, 7) is 1.82. The van der Waals surface area contributed by atoms with Gasteiger partial charge in [0.25, 0.3) is 5.91 Å². The highest BCUT2D eigenvalue weighted by Gasteiger charge is 2.19. The molecule has 8 nitrogen and oxygen atoms in total. The molecule has 140 valence electrons. The van der Waals surface area contributed by atoms with Crippen molar-refractivity contribution in [2.45, 2.75) is 19.5 Å². The normalized spacial score (nSPS) is 11.4. The summed E-state index contributed by atoms with van der Waals surface area (Å²) in [6.07, 6.45) is 1.39. The van der Waals surface area contributed by atoms with Crippen LogP contribution in [0, 0.1) is 0 Å². The number of methoxy groups -OCH3 is 3. The molecule has 0 saturated heterocycles. The Bertz CT molecular complexity index is 732. The maximum absolute atomic E-state index is 12.2. The number of amides is 2. The summed E-state index contributed by atoms with van der Waals surface area (Å²) in [6, 6.07) is 5.89. The first kappa shape index (κ1) is 19.2. The molecule has 0 aliphatic carbocycles. The topological polar surface area (TPSA) is 99.0 Å². The highest BCUT2D eigenvalue weighted by atomic mass is 16.5. The second-order valence-electron chi connectivity index (χ2n) is 5.42. The summed E-state index contributed by atoms with van der Waals surface area (Å²) in [7, 11) is 4.56. The number of carbonyl (C=O) groups is 2. The quantitative estimate of drug-likeness (QED) is 0.742. The zero-order valence-corrected chi connectivity index (χ0v) is 15.1. The van der Waals surface area contributed by atoms with Gasteiger partial charge in [0.1, 0.15) is 6.04 Å². The number of benzene rings is 1. The van der Waals surface area contributed by atoms with Crippen LogP contribution >= 0.6 is 0 Å². The lowest BCUT2D eigenvalue weighted by Crippen LogP contribution is -2.44. The van der Waals surface area contributed by atoms with Crippen molar-refractivity contribution in [3.8, 4) is 17.2 Å².